The predicted molar refractivity (Wildman–Crippen MR) is 49.2 cm³/mol. The lowest BCUT2D eigenvalue weighted by Gasteiger charge is -2.01. The lowest BCUT2D eigenvalue weighted by molar-refractivity contribution is 0.282. The van der Waals surface area contributed by atoms with Crippen molar-refractivity contribution in [3.05, 3.63) is 29.5 Å². The lowest BCUT2D eigenvalue weighted by Crippen LogP contribution is -1.97. The second-order valence-electron chi connectivity index (χ2n) is 2.43. The number of pyridine rings is 1. The van der Waals surface area contributed by atoms with Gasteiger partial charge in [-0.05, 0) is 17.7 Å². The molecule has 0 saturated heterocycles. The average Bonchev–Trinajstić information content (AvgIpc) is 2.16. The molecule has 0 radical (unpaired) electrons. The summed E-state index contributed by atoms with van der Waals surface area (Å²) in [4.78, 5) is 3.86. The van der Waals surface area contributed by atoms with Crippen LogP contribution in [0.15, 0.2) is 18.3 Å². The molecule has 0 bridgehead atoms. The Hall–Kier alpha value is -1.86. The summed E-state index contributed by atoms with van der Waals surface area (Å²) in [5.74, 6) is 0.316. The van der Waals surface area contributed by atoms with Gasteiger partial charge in [-0.25, -0.2) is 4.98 Å². The number of allylic oxidation sites excluding steroid dienone is 1. The zero-order valence-corrected chi connectivity index (χ0v) is 6.94. The average molecular weight is 175 g/mol. The van der Waals surface area contributed by atoms with Gasteiger partial charge in [-0.1, -0.05) is 0 Å². The van der Waals surface area contributed by atoms with Gasteiger partial charge in [0.25, 0.3) is 0 Å². The molecule has 1 rings (SSSR count). The molecule has 3 N–H and O–H groups in total. The highest BCUT2D eigenvalue weighted by Crippen LogP contribution is 2.11. The van der Waals surface area contributed by atoms with E-state index in [2.05, 4.69) is 4.98 Å². The zero-order chi connectivity index (χ0) is 9.68. The molecule has 0 spiro atoms. The first kappa shape index (κ1) is 9.23. The number of hydrogen-bond acceptors (Lipinski definition) is 4. The molecule has 0 atom stereocenters. The van der Waals surface area contributed by atoms with Crippen molar-refractivity contribution in [3.63, 3.8) is 0 Å². The first-order valence-corrected chi connectivity index (χ1v) is 3.69. The third kappa shape index (κ3) is 2.29. The van der Waals surface area contributed by atoms with Gasteiger partial charge in [0.1, 0.15) is 5.82 Å². The number of nitriles is 1. The van der Waals surface area contributed by atoms with Crippen molar-refractivity contribution >= 4 is 11.9 Å². The molecule has 1 aromatic heterocycles. The van der Waals surface area contributed by atoms with E-state index in [1.807, 2.05) is 6.07 Å². The largest absolute Gasteiger partial charge is 0.392 e. The summed E-state index contributed by atoms with van der Waals surface area (Å²) in [6, 6.07) is 3.56. The molecule has 0 saturated carbocycles. The lowest BCUT2D eigenvalue weighted by atomic mass is 10.2. The molecule has 1 heterocycles. The predicted octanol–water partition coefficient (Wildman–Crippen LogP) is 0.693. The molecule has 13 heavy (non-hydrogen) atoms. The summed E-state index contributed by atoms with van der Waals surface area (Å²) in [5, 5.41) is 17.1. The normalized spacial score (nSPS) is 10.2. The molecule has 0 unspecified atom stereocenters. The molecule has 4 nitrogen and oxygen atoms in total. The van der Waals surface area contributed by atoms with Crippen molar-refractivity contribution in [2.75, 3.05) is 5.73 Å². The number of anilines is 1. The number of aromatic nitrogens is 1. The van der Waals surface area contributed by atoms with Crippen molar-refractivity contribution < 1.29 is 5.11 Å². The Morgan fingerprint density at radius 3 is 3.08 bits per heavy atom. The van der Waals surface area contributed by atoms with E-state index in [1.54, 1.807) is 18.3 Å². The molecule has 0 aliphatic rings. The van der Waals surface area contributed by atoms with Crippen LogP contribution < -0.4 is 5.73 Å². The van der Waals surface area contributed by atoms with E-state index in [4.69, 9.17) is 16.1 Å². The monoisotopic (exact) mass is 175 g/mol. The standard InChI is InChI=1S/C9H9N3O/c10-3-1-2-7-4-8(6-13)9(11)12-5-7/h1-2,4-5,13H,6H2,(H2,11,12). The SMILES string of the molecule is N#CC=Cc1cnc(N)c(CO)c1. The molecule has 0 aliphatic carbocycles. The Balaban J connectivity index is 3.01. The van der Waals surface area contributed by atoms with E-state index in [9.17, 15) is 0 Å². The molecular formula is C9H9N3O. The van der Waals surface area contributed by atoms with Crippen LogP contribution in [0, 0.1) is 11.3 Å². The third-order valence-corrected chi connectivity index (χ3v) is 1.54. The fourth-order valence-corrected chi connectivity index (χ4v) is 0.891. The van der Waals surface area contributed by atoms with E-state index < -0.39 is 0 Å². The highest BCUT2D eigenvalue weighted by Gasteiger charge is 1.98. The van der Waals surface area contributed by atoms with Gasteiger partial charge in [-0.15, -0.1) is 0 Å². The Kier molecular flexibility index (Phi) is 3.01. The first-order chi connectivity index (χ1) is 6.27. The van der Waals surface area contributed by atoms with Crippen molar-refractivity contribution in [3.8, 4) is 6.07 Å². The van der Waals surface area contributed by atoms with Crippen LogP contribution in [0.3, 0.4) is 0 Å². The number of nitrogen functional groups attached to an aromatic ring is 1. The quantitative estimate of drug-likeness (QED) is 0.648. The Morgan fingerprint density at radius 1 is 1.69 bits per heavy atom. The number of rotatable bonds is 2. The Bertz CT molecular complexity index is 366. The maximum Gasteiger partial charge on any atom is 0.128 e. The maximum absolute atomic E-state index is 8.86. The van der Waals surface area contributed by atoms with Gasteiger partial charge in [-0.3, -0.25) is 0 Å². The van der Waals surface area contributed by atoms with E-state index >= 15 is 0 Å². The van der Waals surface area contributed by atoms with Gasteiger partial charge in [0.15, 0.2) is 0 Å². The van der Waals surface area contributed by atoms with Crippen molar-refractivity contribution in [2.24, 2.45) is 0 Å². The maximum atomic E-state index is 8.86. The van der Waals surface area contributed by atoms with E-state index in [-0.39, 0.29) is 6.61 Å². The summed E-state index contributed by atoms with van der Waals surface area (Å²) in [7, 11) is 0. The van der Waals surface area contributed by atoms with E-state index in [0.29, 0.717) is 11.4 Å². The molecule has 4 heteroatoms. The van der Waals surface area contributed by atoms with Gasteiger partial charge in [-0.2, -0.15) is 5.26 Å². The molecule has 0 fully saturated rings. The fraction of sp³-hybridized carbons (Fsp3) is 0.111. The molecule has 0 aliphatic heterocycles. The second-order valence-corrected chi connectivity index (χ2v) is 2.43. The summed E-state index contributed by atoms with van der Waals surface area (Å²) >= 11 is 0. The molecular weight excluding hydrogens is 166 g/mol. The van der Waals surface area contributed by atoms with Gasteiger partial charge in [0.05, 0.1) is 12.7 Å². The number of aliphatic hydroxyl groups excluding tert-OH is 1. The van der Waals surface area contributed by atoms with Gasteiger partial charge < -0.3 is 10.8 Å². The van der Waals surface area contributed by atoms with Crippen molar-refractivity contribution in [1.29, 1.82) is 5.26 Å². The van der Waals surface area contributed by atoms with Crippen LogP contribution in [0.1, 0.15) is 11.1 Å². The van der Waals surface area contributed by atoms with E-state index in [0.717, 1.165) is 5.56 Å². The summed E-state index contributed by atoms with van der Waals surface area (Å²) < 4.78 is 0. The zero-order valence-electron chi connectivity index (χ0n) is 6.94. The minimum atomic E-state index is -0.146. The van der Waals surface area contributed by atoms with Crippen LogP contribution in [0.5, 0.6) is 0 Å². The van der Waals surface area contributed by atoms with Crippen LogP contribution in [0.4, 0.5) is 5.82 Å². The Morgan fingerprint density at radius 2 is 2.46 bits per heavy atom. The number of nitrogens with zero attached hydrogens (tertiary/aromatic N) is 2. The number of aliphatic hydroxyl groups is 1. The topological polar surface area (TPSA) is 82.9 Å². The van der Waals surface area contributed by atoms with Crippen molar-refractivity contribution in [2.45, 2.75) is 6.61 Å². The second kappa shape index (κ2) is 4.24. The first-order valence-electron chi connectivity index (χ1n) is 3.69. The summed E-state index contributed by atoms with van der Waals surface area (Å²) in [5.41, 5.74) is 6.79. The highest BCUT2D eigenvalue weighted by molar-refractivity contribution is 5.54. The van der Waals surface area contributed by atoms with Crippen LogP contribution in [-0.4, -0.2) is 10.1 Å². The molecule has 1 aromatic rings. The molecule has 0 aromatic carbocycles. The smallest absolute Gasteiger partial charge is 0.128 e. The summed E-state index contributed by atoms with van der Waals surface area (Å²) in [6.45, 7) is -0.146. The van der Waals surface area contributed by atoms with E-state index in [1.165, 1.54) is 6.08 Å². The van der Waals surface area contributed by atoms with Crippen LogP contribution in [0.25, 0.3) is 6.08 Å². The van der Waals surface area contributed by atoms with Crippen molar-refractivity contribution in [1.82, 2.24) is 4.98 Å². The molecule has 66 valence electrons. The fourth-order valence-electron chi connectivity index (χ4n) is 0.891. The number of hydrogen-bond donors (Lipinski definition) is 2. The summed E-state index contributed by atoms with van der Waals surface area (Å²) in [6.07, 6.45) is 4.49. The number of nitrogens with two attached hydrogens (primary N) is 1. The third-order valence-electron chi connectivity index (χ3n) is 1.54. The highest BCUT2D eigenvalue weighted by atomic mass is 16.3. The Labute approximate surface area is 75.9 Å². The van der Waals surface area contributed by atoms with Crippen LogP contribution in [0.2, 0.25) is 0 Å². The van der Waals surface area contributed by atoms with Gasteiger partial charge in [0, 0.05) is 17.8 Å². The molecule has 0 amide bonds. The van der Waals surface area contributed by atoms with Crippen LogP contribution in [-0.2, 0) is 6.61 Å². The minimum absolute atomic E-state index is 0.146. The van der Waals surface area contributed by atoms with Gasteiger partial charge >= 0.3 is 0 Å². The van der Waals surface area contributed by atoms with Gasteiger partial charge in [0.2, 0.25) is 0 Å². The van der Waals surface area contributed by atoms with Crippen LogP contribution >= 0.6 is 0 Å². The minimum Gasteiger partial charge on any atom is -0.392 e.